The number of ether oxygens (including phenoxy) is 1. The summed E-state index contributed by atoms with van der Waals surface area (Å²) in [5, 5.41) is 14.8. The van der Waals surface area contributed by atoms with Crippen LogP contribution >= 0.6 is 0 Å². The molecule has 1 aromatic carbocycles. The quantitative estimate of drug-likeness (QED) is 0.789. The first-order valence-corrected chi connectivity index (χ1v) is 9.05. The minimum Gasteiger partial charge on any atom is -0.497 e. The number of hydrogen-bond acceptors (Lipinski definition) is 5. The average Bonchev–Trinajstić information content (AvgIpc) is 3.17. The molecule has 7 nitrogen and oxygen atoms in total. The Morgan fingerprint density at radius 3 is 2.23 bits per heavy atom. The average molecular weight is 364 g/mol. The number of piperazine rings is 1. The number of carboxylic acids is 2. The van der Waals surface area contributed by atoms with Crippen LogP contribution in [0.25, 0.3) is 0 Å². The Kier molecular flexibility index (Phi) is 7.87. The van der Waals surface area contributed by atoms with E-state index in [1.54, 1.807) is 7.11 Å². The van der Waals surface area contributed by atoms with Gasteiger partial charge in [-0.2, -0.15) is 0 Å². The minimum atomic E-state index is -1.82. The van der Waals surface area contributed by atoms with Gasteiger partial charge in [-0.25, -0.2) is 9.59 Å². The molecular formula is C19H28N2O5. The first kappa shape index (κ1) is 20.2. The Labute approximate surface area is 154 Å². The van der Waals surface area contributed by atoms with Gasteiger partial charge in [-0.3, -0.25) is 9.80 Å². The van der Waals surface area contributed by atoms with Crippen LogP contribution in [-0.4, -0.2) is 71.3 Å². The molecule has 7 heteroatoms. The largest absolute Gasteiger partial charge is 0.497 e. The van der Waals surface area contributed by atoms with Crippen molar-refractivity contribution in [2.45, 2.75) is 38.3 Å². The number of hydrogen-bond donors (Lipinski definition) is 2. The fourth-order valence-electron chi connectivity index (χ4n) is 3.59. The Balaban J connectivity index is 0.000000352. The van der Waals surface area contributed by atoms with Crippen LogP contribution in [0.5, 0.6) is 5.75 Å². The second-order valence-electron chi connectivity index (χ2n) is 6.71. The first-order valence-electron chi connectivity index (χ1n) is 9.05. The maximum Gasteiger partial charge on any atom is 0.414 e. The van der Waals surface area contributed by atoms with E-state index < -0.39 is 11.9 Å². The number of carbonyl (C=O) groups is 2. The smallest absolute Gasteiger partial charge is 0.414 e. The standard InChI is InChI=1S/C17H26N2O.C2H2O4/c1-20-17-8-4-5-15(13-17)14-18-9-11-19(12-10-18)16-6-2-3-7-16;3-1(4)2(5)6/h4-5,8,13,16H,2-3,6-7,9-12,14H2,1H3;(H,3,4)(H,5,6). The fourth-order valence-corrected chi connectivity index (χ4v) is 3.59. The molecule has 2 fully saturated rings. The van der Waals surface area contributed by atoms with Gasteiger partial charge in [0.2, 0.25) is 0 Å². The first-order chi connectivity index (χ1) is 12.5. The predicted octanol–water partition coefficient (Wildman–Crippen LogP) is 1.91. The van der Waals surface area contributed by atoms with Crippen LogP contribution in [0.1, 0.15) is 31.2 Å². The number of carboxylic acid groups (broad SMARTS) is 2. The van der Waals surface area contributed by atoms with Gasteiger partial charge >= 0.3 is 11.9 Å². The lowest BCUT2D eigenvalue weighted by molar-refractivity contribution is -0.159. The van der Waals surface area contributed by atoms with Crippen molar-refractivity contribution in [1.82, 2.24) is 9.80 Å². The summed E-state index contributed by atoms with van der Waals surface area (Å²) in [6.07, 6.45) is 5.73. The van der Waals surface area contributed by atoms with Gasteiger partial charge in [0.25, 0.3) is 0 Å². The summed E-state index contributed by atoms with van der Waals surface area (Å²) in [6.45, 7) is 5.94. The molecule has 0 atom stereocenters. The van der Waals surface area contributed by atoms with E-state index in [4.69, 9.17) is 24.5 Å². The molecule has 1 aliphatic heterocycles. The summed E-state index contributed by atoms with van der Waals surface area (Å²) in [7, 11) is 1.74. The highest BCUT2D eigenvalue weighted by Crippen LogP contribution is 2.24. The molecular weight excluding hydrogens is 336 g/mol. The van der Waals surface area contributed by atoms with Gasteiger partial charge in [0.05, 0.1) is 7.11 Å². The number of aliphatic carboxylic acids is 2. The van der Waals surface area contributed by atoms with Gasteiger partial charge in [0, 0.05) is 38.8 Å². The Morgan fingerprint density at radius 2 is 1.69 bits per heavy atom. The maximum atomic E-state index is 9.10. The number of benzene rings is 1. The molecule has 3 rings (SSSR count). The lowest BCUT2D eigenvalue weighted by Gasteiger charge is -2.38. The van der Waals surface area contributed by atoms with Crippen molar-refractivity contribution in [3.8, 4) is 5.75 Å². The van der Waals surface area contributed by atoms with Gasteiger partial charge in [-0.1, -0.05) is 25.0 Å². The molecule has 0 radical (unpaired) electrons. The van der Waals surface area contributed by atoms with Crippen molar-refractivity contribution < 1.29 is 24.5 Å². The van der Waals surface area contributed by atoms with Crippen LogP contribution in [-0.2, 0) is 16.1 Å². The molecule has 0 amide bonds. The van der Waals surface area contributed by atoms with E-state index in [9.17, 15) is 0 Å². The van der Waals surface area contributed by atoms with Gasteiger partial charge in [0.15, 0.2) is 0 Å². The molecule has 0 spiro atoms. The zero-order valence-electron chi connectivity index (χ0n) is 15.3. The molecule has 0 aromatic heterocycles. The molecule has 0 bridgehead atoms. The molecule has 0 unspecified atom stereocenters. The second-order valence-corrected chi connectivity index (χ2v) is 6.71. The topological polar surface area (TPSA) is 90.3 Å². The molecule has 1 aromatic rings. The van der Waals surface area contributed by atoms with Gasteiger partial charge in [0.1, 0.15) is 5.75 Å². The predicted molar refractivity (Wildman–Crippen MR) is 97.4 cm³/mol. The molecule has 2 aliphatic rings. The Bertz CT molecular complexity index is 581. The fraction of sp³-hybridized carbons (Fsp3) is 0.579. The van der Waals surface area contributed by atoms with E-state index in [-0.39, 0.29) is 0 Å². The van der Waals surface area contributed by atoms with Crippen molar-refractivity contribution in [2.24, 2.45) is 0 Å². The summed E-state index contributed by atoms with van der Waals surface area (Å²) >= 11 is 0. The molecule has 1 saturated heterocycles. The van der Waals surface area contributed by atoms with Crippen LogP contribution in [0, 0.1) is 0 Å². The Morgan fingerprint density at radius 1 is 1.08 bits per heavy atom. The second kappa shape index (κ2) is 10.1. The molecule has 1 saturated carbocycles. The van der Waals surface area contributed by atoms with Gasteiger partial charge in [-0.15, -0.1) is 0 Å². The number of rotatable bonds is 4. The zero-order chi connectivity index (χ0) is 18.9. The Hall–Kier alpha value is -2.12. The third-order valence-corrected chi connectivity index (χ3v) is 4.97. The summed E-state index contributed by atoms with van der Waals surface area (Å²) in [5.74, 6) is -2.68. The van der Waals surface area contributed by atoms with E-state index >= 15 is 0 Å². The summed E-state index contributed by atoms with van der Waals surface area (Å²) in [4.78, 5) is 23.5. The lowest BCUT2D eigenvalue weighted by atomic mass is 10.1. The molecule has 144 valence electrons. The SMILES string of the molecule is COc1cccc(CN2CCN(C3CCCC3)CC2)c1.O=C(O)C(=O)O. The third kappa shape index (κ3) is 6.31. The van der Waals surface area contributed by atoms with Crippen LogP contribution in [0.15, 0.2) is 24.3 Å². The summed E-state index contributed by atoms with van der Waals surface area (Å²) in [6, 6.07) is 9.34. The lowest BCUT2D eigenvalue weighted by Crippen LogP contribution is -2.49. The van der Waals surface area contributed by atoms with E-state index in [0.29, 0.717) is 0 Å². The van der Waals surface area contributed by atoms with Crippen molar-refractivity contribution in [2.75, 3.05) is 33.3 Å². The zero-order valence-corrected chi connectivity index (χ0v) is 15.3. The summed E-state index contributed by atoms with van der Waals surface area (Å²) < 4.78 is 5.30. The maximum absolute atomic E-state index is 9.10. The van der Waals surface area contributed by atoms with E-state index in [1.165, 1.54) is 57.4 Å². The minimum absolute atomic E-state index is 0.883. The molecule has 26 heavy (non-hydrogen) atoms. The van der Waals surface area contributed by atoms with E-state index in [2.05, 4.69) is 28.0 Å². The van der Waals surface area contributed by atoms with Crippen molar-refractivity contribution in [3.05, 3.63) is 29.8 Å². The van der Waals surface area contributed by atoms with Crippen LogP contribution in [0.3, 0.4) is 0 Å². The van der Waals surface area contributed by atoms with Crippen LogP contribution in [0.4, 0.5) is 0 Å². The molecule has 2 N–H and O–H groups in total. The normalized spacial score (nSPS) is 18.8. The van der Waals surface area contributed by atoms with Crippen LogP contribution < -0.4 is 4.74 Å². The van der Waals surface area contributed by atoms with Crippen molar-refractivity contribution in [3.63, 3.8) is 0 Å². The number of nitrogens with zero attached hydrogens (tertiary/aromatic N) is 2. The molecule has 1 aliphatic carbocycles. The monoisotopic (exact) mass is 364 g/mol. The van der Waals surface area contributed by atoms with Gasteiger partial charge in [-0.05, 0) is 30.5 Å². The van der Waals surface area contributed by atoms with Gasteiger partial charge < -0.3 is 14.9 Å². The third-order valence-electron chi connectivity index (χ3n) is 4.97. The highest BCUT2D eigenvalue weighted by molar-refractivity contribution is 6.27. The van der Waals surface area contributed by atoms with E-state index in [0.717, 1.165) is 18.3 Å². The van der Waals surface area contributed by atoms with Crippen LogP contribution in [0.2, 0.25) is 0 Å². The molecule has 1 heterocycles. The highest BCUT2D eigenvalue weighted by atomic mass is 16.5. The number of methoxy groups -OCH3 is 1. The van der Waals surface area contributed by atoms with E-state index in [1.807, 2.05) is 6.07 Å². The highest BCUT2D eigenvalue weighted by Gasteiger charge is 2.25. The van der Waals surface area contributed by atoms with Crippen molar-refractivity contribution in [1.29, 1.82) is 0 Å². The summed E-state index contributed by atoms with van der Waals surface area (Å²) in [5.41, 5.74) is 1.36. The van der Waals surface area contributed by atoms with Crippen molar-refractivity contribution >= 4 is 11.9 Å².